The van der Waals surface area contributed by atoms with Crippen molar-refractivity contribution in [1.29, 1.82) is 0 Å². The summed E-state index contributed by atoms with van der Waals surface area (Å²) in [5.41, 5.74) is 0. The van der Waals surface area contributed by atoms with Crippen LogP contribution in [0, 0.1) is 0 Å². The molecule has 6 heteroatoms. The van der Waals surface area contributed by atoms with Crippen molar-refractivity contribution >= 4 is 17.1 Å². The van der Waals surface area contributed by atoms with Crippen LogP contribution in [0.25, 0.3) is 0 Å². The van der Waals surface area contributed by atoms with Crippen LogP contribution in [-0.2, 0) is 15.2 Å². The Hall–Kier alpha value is -0.780. The molecule has 42 valence electrons. The second-order valence-electron chi connectivity index (χ2n) is 0.581. The van der Waals surface area contributed by atoms with Crippen molar-refractivity contribution < 1.29 is 22.5 Å². The molecule has 0 aliphatic rings. The van der Waals surface area contributed by atoms with Crippen LogP contribution >= 0.6 is 0 Å². The van der Waals surface area contributed by atoms with Gasteiger partial charge in [-0.1, -0.05) is 0 Å². The number of hydrogen-bond acceptors (Lipinski definition) is 4. The van der Waals surface area contributed by atoms with E-state index in [-0.39, 0.29) is 0 Å². The Morgan fingerprint density at radius 1 is 1.57 bits per heavy atom. The van der Waals surface area contributed by atoms with Gasteiger partial charge in [-0.25, -0.2) is 4.79 Å². The third-order valence-corrected chi connectivity index (χ3v) is 0.458. The molecule has 0 rings (SSSR count). The van der Waals surface area contributed by atoms with Crippen molar-refractivity contribution in [2.75, 3.05) is 0 Å². The van der Waals surface area contributed by atoms with Gasteiger partial charge in [-0.2, -0.15) is 8.42 Å². The van der Waals surface area contributed by atoms with E-state index in [1.54, 1.807) is 0 Å². The molecule has 0 aromatic heterocycles. The molecule has 0 bridgehead atoms. The molecule has 1 N–H and O–H groups in total. The van der Waals surface area contributed by atoms with Gasteiger partial charge in [0.1, 0.15) is 0 Å². The van der Waals surface area contributed by atoms with E-state index in [0.717, 1.165) is 0 Å². The minimum atomic E-state index is -3.24. The van der Waals surface area contributed by atoms with Crippen LogP contribution in [0.5, 0.6) is 0 Å². The van der Waals surface area contributed by atoms with Crippen LogP contribution in [0.3, 0.4) is 0 Å². The molecule has 0 radical (unpaired) electrons. The monoisotopic (exact) mass is 126 g/mol. The first kappa shape index (κ1) is 6.22. The van der Waals surface area contributed by atoms with Crippen LogP contribution in [0.15, 0.2) is 0 Å². The summed E-state index contributed by atoms with van der Waals surface area (Å²) in [4.78, 5) is 9.20. The van der Waals surface area contributed by atoms with Gasteiger partial charge in [0, 0.05) is 0 Å². The van der Waals surface area contributed by atoms with E-state index in [1.807, 2.05) is 0 Å². The first-order valence-electron chi connectivity index (χ1n) is 1.18. The lowest BCUT2D eigenvalue weighted by atomic mass is 11.5. The van der Waals surface area contributed by atoms with Gasteiger partial charge < -0.3 is 9.29 Å². The van der Waals surface area contributed by atoms with Gasteiger partial charge in [-0.15, -0.1) is 0 Å². The minimum absolute atomic E-state index is 1.81. The molecule has 0 spiro atoms. The molecule has 0 saturated carbocycles. The van der Waals surface area contributed by atoms with Gasteiger partial charge in [0.25, 0.3) is 0 Å². The Morgan fingerprint density at radius 2 is 2.00 bits per heavy atom. The predicted molar refractivity (Wildman–Crippen MR) is 19.4 cm³/mol. The zero-order valence-corrected chi connectivity index (χ0v) is 3.92. The van der Waals surface area contributed by atoms with Crippen LogP contribution in [0.1, 0.15) is 0 Å². The van der Waals surface area contributed by atoms with E-state index in [4.69, 9.17) is 5.11 Å². The summed E-state index contributed by atoms with van der Waals surface area (Å²) in [6, 6.07) is 0. The summed E-state index contributed by atoms with van der Waals surface area (Å²) in [5.74, 6) is 0. The molecule has 0 heterocycles. The summed E-state index contributed by atoms with van der Waals surface area (Å²) < 4.78 is 21.6. The summed E-state index contributed by atoms with van der Waals surface area (Å²) in [6.45, 7) is 0. The molecular weight excluding hydrogens is 124 g/mol. The van der Waals surface area contributed by atoms with Gasteiger partial charge in [-0.05, 0) is 0 Å². The molecule has 5 nitrogen and oxygen atoms in total. The highest BCUT2D eigenvalue weighted by Gasteiger charge is 1.92. The summed E-state index contributed by atoms with van der Waals surface area (Å²) in [7, 11) is -3.24. The number of carbonyl (C=O) groups is 1. The van der Waals surface area contributed by atoms with Gasteiger partial charge in [0.2, 0.25) is 0 Å². The van der Waals surface area contributed by atoms with E-state index in [9.17, 15) is 13.2 Å². The first-order valence-corrected chi connectivity index (χ1v) is 2.28. The second-order valence-corrected chi connectivity index (χ2v) is 1.21. The van der Waals surface area contributed by atoms with Crippen molar-refractivity contribution in [2.45, 2.75) is 0 Å². The van der Waals surface area contributed by atoms with Crippen LogP contribution in [-0.4, -0.2) is 19.7 Å². The Kier molecular flexibility index (Phi) is 2.14. The molecule has 0 aromatic carbocycles. The molecule has 0 saturated heterocycles. The Labute approximate surface area is 40.7 Å². The predicted octanol–water partition coefficient (Wildman–Crippen LogP) is -0.793. The topological polar surface area (TPSA) is 80.7 Å². The standard InChI is InChI=1S/CH2O5S/c2-1(3)6-7(4)5/h7H,(H,2,3). The van der Waals surface area contributed by atoms with Crippen molar-refractivity contribution in [3.05, 3.63) is 0 Å². The van der Waals surface area contributed by atoms with E-state index >= 15 is 0 Å². The van der Waals surface area contributed by atoms with E-state index in [1.165, 1.54) is 0 Å². The van der Waals surface area contributed by atoms with E-state index < -0.39 is 17.1 Å². The van der Waals surface area contributed by atoms with Crippen molar-refractivity contribution in [2.24, 2.45) is 0 Å². The normalized spacial score (nSPS) is 8.71. The molecule has 0 fully saturated rings. The highest BCUT2D eigenvalue weighted by molar-refractivity contribution is 7.67. The van der Waals surface area contributed by atoms with Crippen LogP contribution in [0.4, 0.5) is 4.79 Å². The van der Waals surface area contributed by atoms with Crippen molar-refractivity contribution in [3.63, 3.8) is 0 Å². The summed E-state index contributed by atoms with van der Waals surface area (Å²) >= 11 is 0. The highest BCUT2D eigenvalue weighted by atomic mass is 32.2. The molecule has 0 aromatic rings. The average Bonchev–Trinajstić information content (AvgIpc) is 1.27. The quantitative estimate of drug-likeness (QED) is 0.450. The van der Waals surface area contributed by atoms with Gasteiger partial charge in [0.15, 0.2) is 0 Å². The van der Waals surface area contributed by atoms with Crippen LogP contribution in [0.2, 0.25) is 0 Å². The number of rotatable bonds is 1. The van der Waals surface area contributed by atoms with Crippen LogP contribution < -0.4 is 0 Å². The zero-order chi connectivity index (χ0) is 5.86. The summed E-state index contributed by atoms with van der Waals surface area (Å²) in [5, 5.41) is 7.48. The largest absolute Gasteiger partial charge is 0.521 e. The average molecular weight is 126 g/mol. The molecule has 7 heavy (non-hydrogen) atoms. The van der Waals surface area contributed by atoms with Crippen molar-refractivity contribution in [3.8, 4) is 0 Å². The van der Waals surface area contributed by atoms with Gasteiger partial charge in [-0.3, -0.25) is 0 Å². The van der Waals surface area contributed by atoms with Gasteiger partial charge in [0.05, 0.1) is 0 Å². The lowest BCUT2D eigenvalue weighted by Gasteiger charge is -1.79. The SMILES string of the molecule is O=C(O)O[SH](=O)=O. The van der Waals surface area contributed by atoms with E-state index in [0.29, 0.717) is 0 Å². The maximum atomic E-state index is 9.24. The maximum Gasteiger partial charge on any atom is 0.521 e. The Morgan fingerprint density at radius 3 is 2.00 bits per heavy atom. The first-order chi connectivity index (χ1) is 3.13. The molecule has 0 aliphatic carbocycles. The fourth-order valence-electron chi connectivity index (χ4n) is 0.0638. The number of carboxylic acid groups (broad SMARTS) is 1. The smallest absolute Gasteiger partial charge is 0.449 e. The Bertz CT molecular complexity index is 125. The molecule has 0 aliphatic heterocycles. The van der Waals surface area contributed by atoms with Crippen molar-refractivity contribution in [1.82, 2.24) is 0 Å². The zero-order valence-electron chi connectivity index (χ0n) is 3.03. The fourth-order valence-corrected chi connectivity index (χ4v) is 0.191. The number of hydrogen-bond donors (Lipinski definition) is 2. The molecule has 0 unspecified atom stereocenters. The lowest BCUT2D eigenvalue weighted by molar-refractivity contribution is 0.149. The number of thiol groups is 1. The van der Waals surface area contributed by atoms with Gasteiger partial charge >= 0.3 is 17.1 Å². The highest BCUT2D eigenvalue weighted by Crippen LogP contribution is 1.70. The summed E-state index contributed by atoms with van der Waals surface area (Å²) in [6.07, 6.45) is -1.81. The Balaban J connectivity index is 3.53. The lowest BCUT2D eigenvalue weighted by Crippen LogP contribution is -1.96. The second kappa shape index (κ2) is 2.40. The van der Waals surface area contributed by atoms with E-state index in [2.05, 4.69) is 4.18 Å². The third kappa shape index (κ3) is 5.22. The maximum absolute atomic E-state index is 9.24. The minimum Gasteiger partial charge on any atom is -0.449 e. The third-order valence-electron chi connectivity index (χ3n) is 0.153. The fraction of sp³-hybridized carbons (Fsp3) is 0. The molecular formula is CH2O5S. The molecule has 0 amide bonds. The molecule has 0 atom stereocenters.